The molecule has 0 amide bonds. The highest BCUT2D eigenvalue weighted by molar-refractivity contribution is 6.33. The van der Waals surface area contributed by atoms with E-state index in [1.807, 2.05) is 18.2 Å². The van der Waals surface area contributed by atoms with Crippen molar-refractivity contribution in [2.24, 2.45) is 5.73 Å². The monoisotopic (exact) mass is 249 g/mol. The van der Waals surface area contributed by atoms with E-state index in [2.05, 4.69) is 9.97 Å². The standard InChI is InChI=1S/C12H12ClN3O/c1-17-12-11(15-4-5-16-12)9-3-2-8(7-14)6-10(9)13/h2-6H,7,14H2,1H3. The van der Waals surface area contributed by atoms with Crippen molar-refractivity contribution in [1.82, 2.24) is 9.97 Å². The summed E-state index contributed by atoms with van der Waals surface area (Å²) in [6.07, 6.45) is 3.18. The quantitative estimate of drug-likeness (QED) is 0.907. The number of benzene rings is 1. The lowest BCUT2D eigenvalue weighted by atomic mass is 10.1. The lowest BCUT2D eigenvalue weighted by Crippen LogP contribution is -1.98. The first-order valence-corrected chi connectivity index (χ1v) is 5.48. The SMILES string of the molecule is COc1nccnc1-c1ccc(CN)cc1Cl. The summed E-state index contributed by atoms with van der Waals surface area (Å²) in [4.78, 5) is 8.32. The van der Waals surface area contributed by atoms with Gasteiger partial charge in [-0.25, -0.2) is 9.97 Å². The molecule has 1 aromatic carbocycles. The molecule has 1 heterocycles. The highest BCUT2D eigenvalue weighted by atomic mass is 35.5. The lowest BCUT2D eigenvalue weighted by Gasteiger charge is -2.08. The smallest absolute Gasteiger partial charge is 0.240 e. The van der Waals surface area contributed by atoms with Gasteiger partial charge < -0.3 is 10.5 Å². The molecular formula is C12H12ClN3O. The number of rotatable bonds is 3. The number of nitrogens with zero attached hydrogens (tertiary/aromatic N) is 2. The molecular weight excluding hydrogens is 238 g/mol. The molecule has 2 rings (SSSR count). The summed E-state index contributed by atoms with van der Waals surface area (Å²) < 4.78 is 5.15. The van der Waals surface area contributed by atoms with Gasteiger partial charge in [0, 0.05) is 24.5 Å². The van der Waals surface area contributed by atoms with E-state index in [4.69, 9.17) is 22.1 Å². The normalized spacial score (nSPS) is 10.3. The minimum Gasteiger partial charge on any atom is -0.479 e. The average molecular weight is 250 g/mol. The number of halogens is 1. The maximum Gasteiger partial charge on any atom is 0.240 e. The second-order valence-corrected chi connectivity index (χ2v) is 3.84. The third-order valence-corrected chi connectivity index (χ3v) is 2.70. The van der Waals surface area contributed by atoms with E-state index in [1.54, 1.807) is 19.5 Å². The molecule has 0 spiro atoms. The molecule has 5 heteroatoms. The molecule has 0 aliphatic heterocycles. The van der Waals surface area contributed by atoms with E-state index < -0.39 is 0 Å². The fourth-order valence-electron chi connectivity index (χ4n) is 1.54. The first-order valence-electron chi connectivity index (χ1n) is 5.10. The van der Waals surface area contributed by atoms with Crippen molar-refractivity contribution < 1.29 is 4.74 Å². The van der Waals surface area contributed by atoms with Gasteiger partial charge in [0.2, 0.25) is 5.88 Å². The van der Waals surface area contributed by atoms with E-state index in [9.17, 15) is 0 Å². The molecule has 0 atom stereocenters. The zero-order valence-corrected chi connectivity index (χ0v) is 10.1. The van der Waals surface area contributed by atoms with Gasteiger partial charge in [0.25, 0.3) is 0 Å². The van der Waals surface area contributed by atoms with E-state index >= 15 is 0 Å². The van der Waals surface area contributed by atoms with Gasteiger partial charge in [0.05, 0.1) is 12.1 Å². The molecule has 0 radical (unpaired) electrons. The van der Waals surface area contributed by atoms with Crippen molar-refractivity contribution in [2.75, 3.05) is 7.11 Å². The Balaban J connectivity index is 2.53. The van der Waals surface area contributed by atoms with Crippen molar-refractivity contribution in [1.29, 1.82) is 0 Å². The molecule has 88 valence electrons. The molecule has 0 fully saturated rings. The molecule has 0 unspecified atom stereocenters. The zero-order valence-electron chi connectivity index (χ0n) is 9.35. The van der Waals surface area contributed by atoms with Crippen LogP contribution in [0.3, 0.4) is 0 Å². The third kappa shape index (κ3) is 2.38. The fraction of sp³-hybridized carbons (Fsp3) is 0.167. The third-order valence-electron chi connectivity index (χ3n) is 2.38. The highest BCUT2D eigenvalue weighted by Crippen LogP contribution is 2.31. The Morgan fingerprint density at radius 3 is 2.71 bits per heavy atom. The molecule has 1 aromatic heterocycles. The maximum absolute atomic E-state index is 6.19. The molecule has 0 aliphatic rings. The first kappa shape index (κ1) is 11.8. The van der Waals surface area contributed by atoms with Crippen LogP contribution < -0.4 is 10.5 Å². The van der Waals surface area contributed by atoms with Gasteiger partial charge in [-0.1, -0.05) is 23.7 Å². The molecule has 17 heavy (non-hydrogen) atoms. The fourth-order valence-corrected chi connectivity index (χ4v) is 1.83. The Kier molecular flexibility index (Phi) is 3.56. The van der Waals surface area contributed by atoms with Crippen LogP contribution in [0.25, 0.3) is 11.3 Å². The molecule has 2 N–H and O–H groups in total. The number of aromatic nitrogens is 2. The topological polar surface area (TPSA) is 61.0 Å². The summed E-state index contributed by atoms with van der Waals surface area (Å²) in [5.74, 6) is 0.454. The number of methoxy groups -OCH3 is 1. The Morgan fingerprint density at radius 1 is 1.29 bits per heavy atom. The van der Waals surface area contributed by atoms with Crippen LogP contribution >= 0.6 is 11.6 Å². The predicted octanol–water partition coefficient (Wildman–Crippen LogP) is 2.26. The summed E-state index contributed by atoms with van der Waals surface area (Å²) in [5.41, 5.74) is 7.94. The Bertz CT molecular complexity index is 531. The molecule has 2 aromatic rings. The molecule has 0 aliphatic carbocycles. The summed E-state index contributed by atoms with van der Waals surface area (Å²) in [6, 6.07) is 5.61. The van der Waals surface area contributed by atoms with Crippen molar-refractivity contribution in [3.05, 3.63) is 41.2 Å². The summed E-state index contributed by atoms with van der Waals surface area (Å²) in [6.45, 7) is 0.456. The highest BCUT2D eigenvalue weighted by Gasteiger charge is 2.11. The Labute approximate surface area is 104 Å². The maximum atomic E-state index is 6.19. The van der Waals surface area contributed by atoms with Crippen LogP contribution in [0.2, 0.25) is 5.02 Å². The van der Waals surface area contributed by atoms with E-state index in [1.165, 1.54) is 0 Å². The molecule has 4 nitrogen and oxygen atoms in total. The predicted molar refractivity (Wildman–Crippen MR) is 66.9 cm³/mol. The van der Waals surface area contributed by atoms with Crippen LogP contribution in [0.15, 0.2) is 30.6 Å². The zero-order chi connectivity index (χ0) is 12.3. The summed E-state index contributed by atoms with van der Waals surface area (Å²) in [7, 11) is 1.55. The van der Waals surface area contributed by atoms with Crippen molar-refractivity contribution in [2.45, 2.75) is 6.54 Å². The average Bonchev–Trinajstić information content (AvgIpc) is 2.38. The van der Waals surface area contributed by atoms with E-state index in [0.717, 1.165) is 11.1 Å². The minimum atomic E-state index is 0.454. The van der Waals surface area contributed by atoms with Crippen LogP contribution in [0, 0.1) is 0 Å². The van der Waals surface area contributed by atoms with E-state index in [0.29, 0.717) is 23.1 Å². The van der Waals surface area contributed by atoms with Crippen LogP contribution in [0.5, 0.6) is 5.88 Å². The minimum absolute atomic E-state index is 0.454. The summed E-state index contributed by atoms with van der Waals surface area (Å²) in [5, 5.41) is 0.590. The number of hydrogen-bond acceptors (Lipinski definition) is 4. The van der Waals surface area contributed by atoms with E-state index in [-0.39, 0.29) is 0 Å². The Morgan fingerprint density at radius 2 is 2.06 bits per heavy atom. The van der Waals surface area contributed by atoms with Gasteiger partial charge in [-0.3, -0.25) is 0 Å². The van der Waals surface area contributed by atoms with Gasteiger partial charge in [-0.05, 0) is 11.6 Å². The number of ether oxygens (including phenoxy) is 1. The van der Waals surface area contributed by atoms with Crippen LogP contribution in [-0.2, 0) is 6.54 Å². The van der Waals surface area contributed by atoms with Gasteiger partial charge in [-0.15, -0.1) is 0 Å². The Hall–Kier alpha value is -1.65. The second-order valence-electron chi connectivity index (χ2n) is 3.43. The van der Waals surface area contributed by atoms with Crippen LogP contribution in [0.1, 0.15) is 5.56 Å². The van der Waals surface area contributed by atoms with Gasteiger partial charge in [0.1, 0.15) is 5.69 Å². The molecule has 0 saturated heterocycles. The molecule has 0 saturated carbocycles. The van der Waals surface area contributed by atoms with Crippen molar-refractivity contribution in [3.63, 3.8) is 0 Å². The van der Waals surface area contributed by atoms with Gasteiger partial charge in [0.15, 0.2) is 0 Å². The largest absolute Gasteiger partial charge is 0.479 e. The lowest BCUT2D eigenvalue weighted by molar-refractivity contribution is 0.398. The van der Waals surface area contributed by atoms with Gasteiger partial charge in [-0.2, -0.15) is 0 Å². The van der Waals surface area contributed by atoms with Crippen LogP contribution in [-0.4, -0.2) is 17.1 Å². The van der Waals surface area contributed by atoms with Gasteiger partial charge >= 0.3 is 0 Å². The molecule has 0 bridgehead atoms. The van der Waals surface area contributed by atoms with Crippen molar-refractivity contribution in [3.8, 4) is 17.1 Å². The summed E-state index contributed by atoms with van der Waals surface area (Å²) >= 11 is 6.19. The van der Waals surface area contributed by atoms with Crippen molar-refractivity contribution >= 4 is 11.6 Å². The number of hydrogen-bond donors (Lipinski definition) is 1. The first-order chi connectivity index (χ1) is 8.26. The number of nitrogens with two attached hydrogens (primary N) is 1. The van der Waals surface area contributed by atoms with Crippen LogP contribution in [0.4, 0.5) is 0 Å². The second kappa shape index (κ2) is 5.12.